The third-order valence-corrected chi connectivity index (χ3v) is 0. The third-order valence-electron chi connectivity index (χ3n) is 0. The van der Waals surface area contributed by atoms with Crippen molar-refractivity contribution < 1.29 is 61.4 Å². The average molecular weight is 399 g/mol. The molecule has 0 bridgehead atoms. The molecule has 0 spiro atoms. The molecular formula is F2HgO6S2. The molecule has 0 saturated carbocycles. The fourth-order valence-corrected chi connectivity index (χ4v) is 0. The molecule has 0 heterocycles. The first kappa shape index (κ1) is 17.6. The zero-order chi connectivity index (χ0) is 9.00. The fourth-order valence-electron chi connectivity index (χ4n) is 0. The van der Waals surface area contributed by atoms with Crippen LogP contribution in [0.5, 0.6) is 0 Å². The molecule has 0 aliphatic heterocycles. The summed E-state index contributed by atoms with van der Waals surface area (Å²) in [7, 11) is -10.8. The molecule has 11 heteroatoms. The first-order valence-electron chi connectivity index (χ1n) is 1.31. The Kier molecular flexibility index (Phi) is 9.89. The van der Waals surface area contributed by atoms with Gasteiger partial charge in [0.25, 0.3) is 21.0 Å². The Balaban J connectivity index is -0.000000107. The second-order valence-corrected chi connectivity index (χ2v) is 2.36. The van der Waals surface area contributed by atoms with E-state index in [2.05, 4.69) is 0 Å². The summed E-state index contributed by atoms with van der Waals surface area (Å²) < 4.78 is 70.7. The van der Waals surface area contributed by atoms with Crippen molar-refractivity contribution >= 4 is 21.0 Å². The summed E-state index contributed by atoms with van der Waals surface area (Å²) in [5, 5.41) is 0. The van der Waals surface area contributed by atoms with Gasteiger partial charge in [0, 0.05) is 0 Å². The van der Waals surface area contributed by atoms with E-state index in [0.717, 1.165) is 0 Å². The maximum absolute atomic E-state index is 10.1. The van der Waals surface area contributed by atoms with Crippen LogP contribution in [0.3, 0.4) is 0 Å². The minimum absolute atomic E-state index is 0. The monoisotopic (exact) mass is 400 g/mol. The van der Waals surface area contributed by atoms with Crippen LogP contribution in [-0.2, 0) is 48.7 Å². The largest absolute Gasteiger partial charge is 2.00 e. The topological polar surface area (TPSA) is 114 Å². The van der Waals surface area contributed by atoms with Crippen molar-refractivity contribution in [3.05, 3.63) is 0 Å². The van der Waals surface area contributed by atoms with Crippen LogP contribution in [-0.4, -0.2) is 25.9 Å². The zero-order valence-corrected chi connectivity index (χ0v) is 11.9. The molecule has 0 rings (SSSR count). The van der Waals surface area contributed by atoms with E-state index in [9.17, 15) is 7.77 Å². The molecule has 0 radical (unpaired) electrons. The molecule has 0 aromatic carbocycles. The molecule has 0 N–H and O–H groups in total. The Morgan fingerprint density at radius 1 is 0.818 bits per heavy atom. The van der Waals surface area contributed by atoms with Crippen molar-refractivity contribution in [1.29, 1.82) is 0 Å². The zero-order valence-electron chi connectivity index (χ0n) is 4.73. The summed E-state index contributed by atoms with van der Waals surface area (Å²) in [4.78, 5) is 0. The second-order valence-electron chi connectivity index (χ2n) is 0.786. The molecule has 0 amide bonds. The van der Waals surface area contributed by atoms with Gasteiger partial charge in [-0.25, -0.2) is 16.8 Å². The van der Waals surface area contributed by atoms with Crippen LogP contribution < -0.4 is 0 Å². The van der Waals surface area contributed by atoms with E-state index in [4.69, 9.17) is 25.9 Å². The van der Waals surface area contributed by atoms with Crippen LogP contribution in [0.2, 0.25) is 0 Å². The number of halogens is 2. The van der Waals surface area contributed by atoms with E-state index in [-0.39, 0.29) is 27.7 Å². The molecule has 0 atom stereocenters. The van der Waals surface area contributed by atoms with Crippen molar-refractivity contribution in [2.45, 2.75) is 0 Å². The van der Waals surface area contributed by atoms with E-state index in [1.54, 1.807) is 0 Å². The molecule has 0 aromatic heterocycles. The summed E-state index contributed by atoms with van der Waals surface area (Å²) in [5.41, 5.74) is 0. The Morgan fingerprint density at radius 3 is 0.818 bits per heavy atom. The SMILES string of the molecule is O=S(=O)([O-])F.O=S(=O)([O-])F.[Hg+2]. The van der Waals surface area contributed by atoms with Crippen LogP contribution in [0.15, 0.2) is 0 Å². The third kappa shape index (κ3) is 2080. The first-order chi connectivity index (χ1) is 4.00. The summed E-state index contributed by atoms with van der Waals surface area (Å²) in [6.45, 7) is 0. The minimum Gasteiger partial charge on any atom is -0.722 e. The standard InChI is InChI=1S/2FHO3S.Hg/c2*1-5(2,3)4;/h2*(H,2,3,4);/q;;+2/p-2. The van der Waals surface area contributed by atoms with Gasteiger partial charge in [-0.3, -0.25) is 0 Å². The summed E-state index contributed by atoms with van der Waals surface area (Å²) in [6, 6.07) is 0. The molecule has 0 saturated heterocycles. The van der Waals surface area contributed by atoms with Crippen molar-refractivity contribution in [1.82, 2.24) is 0 Å². The van der Waals surface area contributed by atoms with Gasteiger partial charge in [-0.1, -0.05) is 0 Å². The Labute approximate surface area is 82.2 Å². The molecule has 0 fully saturated rings. The quantitative estimate of drug-likeness (QED) is 0.288. The van der Waals surface area contributed by atoms with Gasteiger partial charge in [-0.15, -0.1) is 7.77 Å². The molecule has 64 valence electrons. The minimum atomic E-state index is -5.42. The fraction of sp³-hybridized carbons (Fsp3) is 0. The van der Waals surface area contributed by atoms with Crippen molar-refractivity contribution in [2.24, 2.45) is 0 Å². The Hall–Kier alpha value is 0.615. The van der Waals surface area contributed by atoms with Crippen LogP contribution in [0.4, 0.5) is 7.77 Å². The van der Waals surface area contributed by atoms with Crippen molar-refractivity contribution in [3.8, 4) is 0 Å². The van der Waals surface area contributed by atoms with Gasteiger partial charge in [0.05, 0.1) is 0 Å². The van der Waals surface area contributed by atoms with Gasteiger partial charge in [0.15, 0.2) is 0 Å². The van der Waals surface area contributed by atoms with Gasteiger partial charge in [-0.05, 0) is 0 Å². The maximum atomic E-state index is 10.1. The second kappa shape index (κ2) is 6.17. The summed E-state index contributed by atoms with van der Waals surface area (Å²) >= 11 is 0. The van der Waals surface area contributed by atoms with Crippen molar-refractivity contribution in [2.75, 3.05) is 0 Å². The van der Waals surface area contributed by atoms with Gasteiger partial charge in [-0.2, -0.15) is 0 Å². The van der Waals surface area contributed by atoms with Gasteiger partial charge in [0.2, 0.25) is 0 Å². The van der Waals surface area contributed by atoms with Crippen LogP contribution in [0.1, 0.15) is 0 Å². The van der Waals surface area contributed by atoms with E-state index >= 15 is 0 Å². The Bertz CT molecular complexity index is 215. The number of hydrogen-bond donors (Lipinski definition) is 0. The summed E-state index contributed by atoms with van der Waals surface area (Å²) in [5.74, 6) is 0. The average Bonchev–Trinajstić information content (AvgIpc) is 1.12. The predicted octanol–water partition coefficient (Wildman–Crippen LogP) is -1.17. The van der Waals surface area contributed by atoms with E-state index in [1.807, 2.05) is 0 Å². The van der Waals surface area contributed by atoms with E-state index in [0.29, 0.717) is 0 Å². The number of hydrogen-bond acceptors (Lipinski definition) is 6. The molecule has 0 unspecified atom stereocenters. The van der Waals surface area contributed by atoms with Gasteiger partial charge < -0.3 is 9.11 Å². The van der Waals surface area contributed by atoms with Crippen LogP contribution in [0, 0.1) is 0 Å². The molecule has 11 heavy (non-hydrogen) atoms. The van der Waals surface area contributed by atoms with Crippen LogP contribution in [0.25, 0.3) is 0 Å². The molecular weight excluding hydrogens is 399 g/mol. The maximum Gasteiger partial charge on any atom is 2.00 e. The van der Waals surface area contributed by atoms with Gasteiger partial charge in [0.1, 0.15) is 0 Å². The molecule has 0 aromatic rings. The predicted molar refractivity (Wildman–Crippen MR) is 21.6 cm³/mol. The summed E-state index contributed by atoms with van der Waals surface area (Å²) in [6.07, 6.45) is 0. The normalized spacial score (nSPS) is 10.5. The molecule has 0 aliphatic carbocycles. The van der Waals surface area contributed by atoms with E-state index in [1.165, 1.54) is 0 Å². The first-order valence-corrected chi connectivity index (χ1v) is 3.93. The molecule has 0 aliphatic rings. The van der Waals surface area contributed by atoms with Crippen molar-refractivity contribution in [3.63, 3.8) is 0 Å². The van der Waals surface area contributed by atoms with Crippen LogP contribution >= 0.6 is 0 Å². The molecule has 6 nitrogen and oxygen atoms in total. The smallest absolute Gasteiger partial charge is 0.722 e. The Morgan fingerprint density at radius 2 is 0.818 bits per heavy atom. The van der Waals surface area contributed by atoms with Gasteiger partial charge >= 0.3 is 27.7 Å². The number of rotatable bonds is 0. The van der Waals surface area contributed by atoms with E-state index < -0.39 is 21.0 Å².